The maximum Gasteiger partial charge on any atom is 0.263 e. The van der Waals surface area contributed by atoms with Crippen molar-refractivity contribution in [1.82, 2.24) is 25.3 Å². The minimum absolute atomic E-state index is 0.0766. The Morgan fingerprint density at radius 2 is 2.23 bits per heavy atom. The zero-order chi connectivity index (χ0) is 14.9. The fourth-order valence-corrected chi connectivity index (χ4v) is 2.46. The van der Waals surface area contributed by atoms with Crippen LogP contribution in [0.3, 0.4) is 0 Å². The highest BCUT2D eigenvalue weighted by Gasteiger charge is 2.23. The number of nitrogens with zero attached hydrogens (tertiary/aromatic N) is 5. The highest BCUT2D eigenvalue weighted by molar-refractivity contribution is 5.87. The molecule has 0 saturated carbocycles. The van der Waals surface area contributed by atoms with Crippen LogP contribution in [0.25, 0.3) is 11.1 Å². The number of anilines is 1. The van der Waals surface area contributed by atoms with E-state index in [0.29, 0.717) is 29.8 Å². The molecule has 22 heavy (non-hydrogen) atoms. The second-order valence-corrected chi connectivity index (χ2v) is 5.07. The van der Waals surface area contributed by atoms with E-state index in [1.807, 2.05) is 6.92 Å². The van der Waals surface area contributed by atoms with Crippen LogP contribution < -0.4 is 5.32 Å². The van der Waals surface area contributed by atoms with Crippen molar-refractivity contribution < 1.29 is 13.8 Å². The molecule has 1 N–H and O–H groups in total. The van der Waals surface area contributed by atoms with E-state index in [4.69, 9.17) is 13.8 Å². The van der Waals surface area contributed by atoms with Crippen molar-refractivity contribution in [3.63, 3.8) is 0 Å². The third-order valence-electron chi connectivity index (χ3n) is 3.55. The van der Waals surface area contributed by atoms with Crippen LogP contribution >= 0.6 is 0 Å². The van der Waals surface area contributed by atoms with Crippen LogP contribution in [0.15, 0.2) is 15.4 Å². The molecule has 1 aliphatic heterocycles. The van der Waals surface area contributed by atoms with Crippen LogP contribution in [-0.2, 0) is 11.3 Å². The van der Waals surface area contributed by atoms with Crippen LogP contribution in [0, 0.1) is 6.92 Å². The molecule has 114 valence electrons. The number of fused-ring (bicyclic) bond motifs is 1. The van der Waals surface area contributed by atoms with Gasteiger partial charge in [0.1, 0.15) is 23.6 Å². The first-order valence-corrected chi connectivity index (χ1v) is 7.06. The first-order valence-electron chi connectivity index (χ1n) is 7.06. The van der Waals surface area contributed by atoms with Gasteiger partial charge in [0.2, 0.25) is 0 Å². The number of rotatable bonds is 4. The second-order valence-electron chi connectivity index (χ2n) is 5.07. The standard InChI is InChI=1S/C13H14N6O3/c1-7-10-11(15-6-16-13(10)22-18-7)14-5-9-17-12(21-19-9)8-3-2-4-20-8/h6,8H,2-5H2,1H3,(H,14,15,16)/t8-/m0/s1. The van der Waals surface area contributed by atoms with Gasteiger partial charge >= 0.3 is 0 Å². The van der Waals surface area contributed by atoms with E-state index in [0.717, 1.165) is 30.5 Å². The van der Waals surface area contributed by atoms with E-state index in [9.17, 15) is 0 Å². The number of hydrogen-bond acceptors (Lipinski definition) is 9. The number of hydrogen-bond donors (Lipinski definition) is 1. The summed E-state index contributed by atoms with van der Waals surface area (Å²) in [6, 6.07) is 0. The third kappa shape index (κ3) is 2.29. The summed E-state index contributed by atoms with van der Waals surface area (Å²) in [7, 11) is 0. The minimum atomic E-state index is -0.0766. The Hall–Kier alpha value is -2.55. The quantitative estimate of drug-likeness (QED) is 0.770. The molecule has 0 bridgehead atoms. The van der Waals surface area contributed by atoms with Gasteiger partial charge in [-0.3, -0.25) is 0 Å². The van der Waals surface area contributed by atoms with E-state index in [2.05, 4.69) is 30.6 Å². The SMILES string of the molecule is Cc1noc2ncnc(NCc3noc([C@@H]4CCCO4)n3)c12. The van der Waals surface area contributed by atoms with Crippen molar-refractivity contribution in [3.8, 4) is 0 Å². The summed E-state index contributed by atoms with van der Waals surface area (Å²) >= 11 is 0. The predicted octanol–water partition coefficient (Wildman–Crippen LogP) is 1.77. The van der Waals surface area contributed by atoms with E-state index < -0.39 is 0 Å². The molecule has 1 saturated heterocycles. The molecule has 3 aromatic rings. The van der Waals surface area contributed by atoms with Gasteiger partial charge in [0.05, 0.1) is 12.2 Å². The van der Waals surface area contributed by atoms with Crippen molar-refractivity contribution in [2.75, 3.05) is 11.9 Å². The van der Waals surface area contributed by atoms with Crippen LogP contribution in [0.4, 0.5) is 5.82 Å². The van der Waals surface area contributed by atoms with Gasteiger partial charge in [-0.2, -0.15) is 9.97 Å². The van der Waals surface area contributed by atoms with Crippen LogP contribution in [0.2, 0.25) is 0 Å². The molecule has 0 aliphatic carbocycles. The molecular weight excluding hydrogens is 288 g/mol. The normalized spacial score (nSPS) is 18.1. The summed E-state index contributed by atoms with van der Waals surface area (Å²) < 4.78 is 15.9. The molecule has 1 fully saturated rings. The largest absolute Gasteiger partial charge is 0.368 e. The highest BCUT2D eigenvalue weighted by Crippen LogP contribution is 2.27. The van der Waals surface area contributed by atoms with Gasteiger partial charge in [0.25, 0.3) is 11.6 Å². The molecule has 3 aromatic heterocycles. The summed E-state index contributed by atoms with van der Waals surface area (Å²) in [5.74, 6) is 1.71. The lowest BCUT2D eigenvalue weighted by atomic mass is 10.2. The molecule has 0 spiro atoms. The smallest absolute Gasteiger partial charge is 0.263 e. The Morgan fingerprint density at radius 3 is 3.09 bits per heavy atom. The van der Waals surface area contributed by atoms with Gasteiger partial charge in [0.15, 0.2) is 5.82 Å². The Morgan fingerprint density at radius 1 is 1.27 bits per heavy atom. The Balaban J connectivity index is 1.51. The monoisotopic (exact) mass is 302 g/mol. The van der Waals surface area contributed by atoms with Crippen molar-refractivity contribution >= 4 is 16.9 Å². The first-order chi connectivity index (χ1) is 10.8. The maximum absolute atomic E-state index is 5.52. The van der Waals surface area contributed by atoms with Gasteiger partial charge in [-0.1, -0.05) is 10.3 Å². The fourth-order valence-electron chi connectivity index (χ4n) is 2.46. The molecule has 0 aromatic carbocycles. The van der Waals surface area contributed by atoms with E-state index in [1.54, 1.807) is 0 Å². The van der Waals surface area contributed by atoms with Gasteiger partial charge in [0, 0.05) is 6.61 Å². The lowest BCUT2D eigenvalue weighted by Crippen LogP contribution is -2.04. The number of nitrogens with one attached hydrogen (secondary N) is 1. The summed E-state index contributed by atoms with van der Waals surface area (Å²) in [4.78, 5) is 12.6. The lowest BCUT2D eigenvalue weighted by molar-refractivity contribution is 0.0835. The Bertz CT molecular complexity index is 792. The molecule has 4 rings (SSSR count). The molecule has 1 atom stereocenters. The Kier molecular flexibility index (Phi) is 3.19. The Labute approximate surface area is 125 Å². The molecule has 9 nitrogen and oxygen atoms in total. The summed E-state index contributed by atoms with van der Waals surface area (Å²) in [6.07, 6.45) is 3.28. The maximum atomic E-state index is 5.52. The molecule has 9 heteroatoms. The zero-order valence-electron chi connectivity index (χ0n) is 11.9. The number of aromatic nitrogens is 5. The first kappa shape index (κ1) is 13.1. The third-order valence-corrected chi connectivity index (χ3v) is 3.55. The minimum Gasteiger partial charge on any atom is -0.368 e. The highest BCUT2D eigenvalue weighted by atomic mass is 16.5. The van der Waals surface area contributed by atoms with Crippen molar-refractivity contribution in [1.29, 1.82) is 0 Å². The van der Waals surface area contributed by atoms with Gasteiger partial charge < -0.3 is 19.1 Å². The number of aryl methyl sites for hydroxylation is 1. The fraction of sp³-hybridized carbons (Fsp3) is 0.462. The van der Waals surface area contributed by atoms with Crippen molar-refractivity contribution in [2.45, 2.75) is 32.4 Å². The van der Waals surface area contributed by atoms with Gasteiger partial charge in [-0.05, 0) is 19.8 Å². The zero-order valence-corrected chi connectivity index (χ0v) is 11.9. The van der Waals surface area contributed by atoms with Crippen LogP contribution in [0.1, 0.15) is 36.4 Å². The molecule has 4 heterocycles. The van der Waals surface area contributed by atoms with E-state index >= 15 is 0 Å². The van der Waals surface area contributed by atoms with E-state index in [-0.39, 0.29) is 6.10 Å². The average Bonchev–Trinajstić information content (AvgIpc) is 3.26. The molecule has 0 amide bonds. The van der Waals surface area contributed by atoms with E-state index in [1.165, 1.54) is 6.33 Å². The van der Waals surface area contributed by atoms with Crippen molar-refractivity contribution in [2.24, 2.45) is 0 Å². The average molecular weight is 302 g/mol. The van der Waals surface area contributed by atoms with Gasteiger partial charge in [-0.25, -0.2) is 4.98 Å². The predicted molar refractivity (Wildman–Crippen MR) is 73.9 cm³/mol. The lowest BCUT2D eigenvalue weighted by Gasteiger charge is -2.03. The van der Waals surface area contributed by atoms with Crippen LogP contribution in [0.5, 0.6) is 0 Å². The van der Waals surface area contributed by atoms with Crippen LogP contribution in [-0.4, -0.2) is 31.9 Å². The van der Waals surface area contributed by atoms with Crippen molar-refractivity contribution in [3.05, 3.63) is 23.7 Å². The second kappa shape index (κ2) is 5.34. The topological polar surface area (TPSA) is 112 Å². The molecular formula is C13H14N6O3. The molecule has 0 radical (unpaired) electrons. The molecule has 0 unspecified atom stereocenters. The summed E-state index contributed by atoms with van der Waals surface area (Å²) in [5.41, 5.74) is 1.18. The summed E-state index contributed by atoms with van der Waals surface area (Å²) in [5, 5.41) is 11.8. The molecule has 1 aliphatic rings. The van der Waals surface area contributed by atoms with Gasteiger partial charge in [-0.15, -0.1) is 0 Å². The summed E-state index contributed by atoms with van der Waals surface area (Å²) in [6.45, 7) is 2.96. The number of ether oxygens (including phenoxy) is 1.